The average Bonchev–Trinajstić information content (AvgIpc) is 3.21. The summed E-state index contributed by atoms with van der Waals surface area (Å²) >= 11 is 0. The Kier molecular flexibility index (Phi) is 8.13. The van der Waals surface area contributed by atoms with Crippen molar-refractivity contribution in [3.63, 3.8) is 0 Å². The highest BCUT2D eigenvalue weighted by Gasteiger charge is 2.22. The Balaban J connectivity index is 1.34. The zero-order valence-electron chi connectivity index (χ0n) is 24.5. The highest BCUT2D eigenvalue weighted by atomic mass is 16.5. The number of nitrogen functional groups attached to an aromatic ring is 1. The summed E-state index contributed by atoms with van der Waals surface area (Å²) < 4.78 is 8.96. The third-order valence-electron chi connectivity index (χ3n) is 7.11. The third-order valence-corrected chi connectivity index (χ3v) is 7.11. The lowest BCUT2D eigenvalue weighted by Crippen LogP contribution is -2.25. The van der Waals surface area contributed by atoms with Crippen molar-refractivity contribution in [2.24, 2.45) is 7.05 Å². The number of para-hydroxylation sites is 1. The second-order valence-electron chi connectivity index (χ2n) is 10.9. The quantitative estimate of drug-likeness (QED) is 0.224. The maximum Gasteiger partial charge on any atom is 0.284 e. The van der Waals surface area contributed by atoms with Crippen LogP contribution in [0.25, 0.3) is 28.2 Å². The van der Waals surface area contributed by atoms with Crippen LogP contribution in [0.4, 0.5) is 11.5 Å². The number of carbonyl (C=O) groups is 1. The molecule has 10 nitrogen and oxygen atoms in total. The molecule has 2 aromatic heterocycles. The number of nitrogens with zero attached hydrogens (tertiary/aromatic N) is 4. The van der Waals surface area contributed by atoms with Gasteiger partial charge < -0.3 is 20.9 Å². The van der Waals surface area contributed by atoms with Crippen LogP contribution in [0.5, 0.6) is 5.75 Å². The van der Waals surface area contributed by atoms with Crippen LogP contribution in [0.2, 0.25) is 0 Å². The fraction of sp³-hybridized carbons (Fsp3) is 0.212. The molecular formula is C33H34N6O4. The fourth-order valence-electron chi connectivity index (χ4n) is 4.65. The van der Waals surface area contributed by atoms with Gasteiger partial charge in [-0.15, -0.1) is 0 Å². The van der Waals surface area contributed by atoms with E-state index in [1.807, 2.05) is 54.6 Å². The first-order valence-electron chi connectivity index (χ1n) is 13.9. The zero-order valence-corrected chi connectivity index (χ0v) is 24.5. The molecule has 0 atom stereocenters. The number of nitrogens with two attached hydrogens (primary N) is 1. The number of anilines is 2. The van der Waals surface area contributed by atoms with Gasteiger partial charge in [0, 0.05) is 30.3 Å². The minimum atomic E-state index is -0.808. The molecule has 0 bridgehead atoms. The molecule has 0 saturated heterocycles. The molecule has 1 amide bonds. The van der Waals surface area contributed by atoms with Crippen LogP contribution >= 0.6 is 0 Å². The SMILES string of the molecule is Cc1c(C(=O)Nc2ccc(-c3nc(-c4cccc(OCCC(C)(C)O)c4)cnc3N)cc2)c(=O)n(-c2ccccc2)n1C. The van der Waals surface area contributed by atoms with Gasteiger partial charge in [-0.05, 0) is 57.2 Å². The average molecular weight is 579 g/mol. The number of rotatable bonds is 9. The van der Waals surface area contributed by atoms with Crippen LogP contribution in [-0.4, -0.2) is 42.6 Å². The van der Waals surface area contributed by atoms with Crippen molar-refractivity contribution in [2.75, 3.05) is 17.7 Å². The van der Waals surface area contributed by atoms with Crippen molar-refractivity contribution in [3.8, 4) is 34.0 Å². The van der Waals surface area contributed by atoms with Gasteiger partial charge in [-0.25, -0.2) is 14.6 Å². The Morgan fingerprint density at radius 1 is 1.02 bits per heavy atom. The van der Waals surface area contributed by atoms with Crippen LogP contribution < -0.4 is 21.3 Å². The van der Waals surface area contributed by atoms with Gasteiger partial charge in [0.1, 0.15) is 22.8 Å². The van der Waals surface area contributed by atoms with E-state index in [1.54, 1.807) is 63.0 Å². The number of carbonyl (C=O) groups excluding carboxylic acids is 1. The number of ether oxygens (including phenoxy) is 1. The van der Waals surface area contributed by atoms with Gasteiger partial charge in [0.2, 0.25) is 0 Å². The molecular weight excluding hydrogens is 544 g/mol. The molecule has 0 aliphatic carbocycles. The minimum Gasteiger partial charge on any atom is -0.493 e. The molecule has 2 heterocycles. The van der Waals surface area contributed by atoms with Crippen molar-refractivity contribution in [2.45, 2.75) is 32.8 Å². The third kappa shape index (κ3) is 6.49. The first-order valence-corrected chi connectivity index (χ1v) is 13.9. The second-order valence-corrected chi connectivity index (χ2v) is 10.9. The Labute approximate surface area is 249 Å². The molecule has 4 N–H and O–H groups in total. The molecule has 0 unspecified atom stereocenters. The van der Waals surface area contributed by atoms with Crippen LogP contribution in [0, 0.1) is 6.92 Å². The lowest BCUT2D eigenvalue weighted by atomic mass is 10.1. The topological polar surface area (TPSA) is 137 Å². The van der Waals surface area contributed by atoms with E-state index in [2.05, 4.69) is 10.3 Å². The minimum absolute atomic E-state index is 0.0736. The molecule has 3 aromatic carbocycles. The largest absolute Gasteiger partial charge is 0.493 e. The molecule has 5 aromatic rings. The van der Waals surface area contributed by atoms with Gasteiger partial charge in [0.05, 0.1) is 35.5 Å². The lowest BCUT2D eigenvalue weighted by Gasteiger charge is -2.17. The number of aromatic nitrogens is 4. The Hall–Kier alpha value is -5.22. The number of hydrogen-bond donors (Lipinski definition) is 3. The van der Waals surface area contributed by atoms with Gasteiger partial charge in [-0.2, -0.15) is 0 Å². The summed E-state index contributed by atoms with van der Waals surface area (Å²) in [5.74, 6) is 0.428. The number of nitrogens with one attached hydrogen (secondary N) is 1. The summed E-state index contributed by atoms with van der Waals surface area (Å²) in [4.78, 5) is 35.5. The van der Waals surface area contributed by atoms with Gasteiger partial charge in [-0.3, -0.25) is 14.3 Å². The monoisotopic (exact) mass is 578 g/mol. The maximum absolute atomic E-state index is 13.2. The molecule has 0 fully saturated rings. The molecule has 0 aliphatic heterocycles. The van der Waals surface area contributed by atoms with Crippen molar-refractivity contribution in [3.05, 3.63) is 107 Å². The van der Waals surface area contributed by atoms with Crippen molar-refractivity contribution in [1.82, 2.24) is 19.3 Å². The fourth-order valence-corrected chi connectivity index (χ4v) is 4.65. The van der Waals surface area contributed by atoms with Crippen LogP contribution in [0.3, 0.4) is 0 Å². The molecule has 0 saturated carbocycles. The van der Waals surface area contributed by atoms with E-state index in [-0.39, 0.29) is 11.4 Å². The molecule has 0 radical (unpaired) electrons. The van der Waals surface area contributed by atoms with Gasteiger partial charge in [0.15, 0.2) is 0 Å². The van der Waals surface area contributed by atoms with Crippen LogP contribution in [0.15, 0.2) is 89.9 Å². The number of aliphatic hydroxyl groups is 1. The first-order chi connectivity index (χ1) is 20.5. The molecule has 10 heteroatoms. The normalized spacial score (nSPS) is 11.4. The summed E-state index contributed by atoms with van der Waals surface area (Å²) in [5, 5.41) is 12.8. The number of benzene rings is 3. The standard InChI is InChI=1S/C33H34N6O4/c1-21-28(32(41)39(38(21)4)25-10-6-5-7-11-25)31(40)36-24-15-13-22(14-16-24)29-30(34)35-20-27(37-29)23-9-8-12-26(19-23)43-18-17-33(2,3)42/h5-16,19-20,42H,17-18H2,1-4H3,(H2,34,35)(H,36,40). The van der Waals surface area contributed by atoms with Gasteiger partial charge in [0.25, 0.3) is 11.5 Å². The van der Waals surface area contributed by atoms with Gasteiger partial charge in [-0.1, -0.05) is 42.5 Å². The number of amides is 1. The van der Waals surface area contributed by atoms with E-state index in [9.17, 15) is 14.7 Å². The Morgan fingerprint density at radius 2 is 1.74 bits per heavy atom. The van der Waals surface area contributed by atoms with E-state index >= 15 is 0 Å². The molecule has 43 heavy (non-hydrogen) atoms. The predicted octanol–water partition coefficient (Wildman–Crippen LogP) is 4.98. The van der Waals surface area contributed by atoms with Crippen molar-refractivity contribution in [1.29, 1.82) is 0 Å². The van der Waals surface area contributed by atoms with E-state index < -0.39 is 17.1 Å². The van der Waals surface area contributed by atoms with E-state index in [0.717, 1.165) is 5.56 Å². The van der Waals surface area contributed by atoms with Crippen LogP contribution in [0.1, 0.15) is 36.3 Å². The highest BCUT2D eigenvalue weighted by Crippen LogP contribution is 2.29. The highest BCUT2D eigenvalue weighted by molar-refractivity contribution is 6.05. The summed E-state index contributed by atoms with van der Waals surface area (Å²) in [5.41, 5.74) is 9.43. The second kappa shape index (κ2) is 11.9. The molecule has 220 valence electrons. The summed E-state index contributed by atoms with van der Waals surface area (Å²) in [6, 6.07) is 23.7. The Bertz CT molecular complexity index is 1820. The summed E-state index contributed by atoms with van der Waals surface area (Å²) in [7, 11) is 1.75. The van der Waals surface area contributed by atoms with E-state index in [1.165, 1.54) is 4.68 Å². The summed E-state index contributed by atoms with van der Waals surface area (Å²) in [6.07, 6.45) is 2.10. The van der Waals surface area contributed by atoms with E-state index in [4.69, 9.17) is 15.5 Å². The lowest BCUT2D eigenvalue weighted by molar-refractivity contribution is 0.0553. The van der Waals surface area contributed by atoms with Crippen molar-refractivity contribution < 1.29 is 14.6 Å². The number of hydrogen-bond acceptors (Lipinski definition) is 7. The van der Waals surface area contributed by atoms with Crippen molar-refractivity contribution >= 4 is 17.4 Å². The molecule has 0 spiro atoms. The predicted molar refractivity (Wildman–Crippen MR) is 167 cm³/mol. The Morgan fingerprint density at radius 3 is 2.44 bits per heavy atom. The van der Waals surface area contributed by atoms with Gasteiger partial charge >= 0.3 is 0 Å². The zero-order chi connectivity index (χ0) is 30.7. The van der Waals surface area contributed by atoms with Crippen LogP contribution in [-0.2, 0) is 7.05 Å². The summed E-state index contributed by atoms with van der Waals surface area (Å²) in [6.45, 7) is 5.60. The molecule has 0 aliphatic rings. The first kappa shape index (κ1) is 29.3. The van der Waals surface area contributed by atoms with E-state index in [0.29, 0.717) is 52.8 Å². The maximum atomic E-state index is 13.2. The molecule has 5 rings (SSSR count). The smallest absolute Gasteiger partial charge is 0.284 e.